The Morgan fingerprint density at radius 1 is 1.45 bits per heavy atom. The molecule has 0 heterocycles. The zero-order valence-electron chi connectivity index (χ0n) is 5.84. The van der Waals surface area contributed by atoms with Gasteiger partial charge < -0.3 is 5.73 Å². The fourth-order valence-corrected chi connectivity index (χ4v) is 1.43. The van der Waals surface area contributed by atoms with E-state index in [2.05, 4.69) is 22.0 Å². The largest absolute Gasteiger partial charge is 0.399 e. The molecule has 0 amide bonds. The van der Waals surface area contributed by atoms with Crippen molar-refractivity contribution in [1.82, 2.24) is 0 Å². The lowest BCUT2D eigenvalue weighted by Crippen LogP contribution is -1.88. The molecule has 11 heavy (non-hydrogen) atoms. The third-order valence-electron chi connectivity index (χ3n) is 1.26. The van der Waals surface area contributed by atoms with Crippen LogP contribution in [-0.2, 0) is 6.42 Å². The second-order valence-corrected chi connectivity index (χ2v) is 3.14. The fraction of sp³-hybridized carbons (Fsp3) is 0.125. The molecule has 0 aliphatic carbocycles. The van der Waals surface area contributed by atoms with E-state index in [9.17, 15) is 0 Å². The molecule has 1 rings (SSSR count). The van der Waals surface area contributed by atoms with Crippen molar-refractivity contribution in [1.29, 1.82) is 5.26 Å². The summed E-state index contributed by atoms with van der Waals surface area (Å²) in [5.41, 5.74) is 7.18. The maximum atomic E-state index is 8.40. The lowest BCUT2D eigenvalue weighted by molar-refractivity contribution is 1.26. The molecular weight excluding hydrogens is 204 g/mol. The minimum absolute atomic E-state index is 0.406. The second kappa shape index (κ2) is 3.40. The SMILES string of the molecule is N#CCc1cc(N)cc(Br)c1. The number of nitrogens with two attached hydrogens (primary N) is 1. The number of rotatable bonds is 1. The van der Waals surface area contributed by atoms with E-state index in [0.717, 1.165) is 10.0 Å². The Balaban J connectivity index is 3.01. The van der Waals surface area contributed by atoms with Crippen molar-refractivity contribution < 1.29 is 0 Å². The molecule has 0 spiro atoms. The number of benzene rings is 1. The van der Waals surface area contributed by atoms with Crippen LogP contribution < -0.4 is 5.73 Å². The molecule has 2 N–H and O–H groups in total. The summed E-state index contributed by atoms with van der Waals surface area (Å²) < 4.78 is 0.919. The molecular formula is C8H7BrN2. The second-order valence-electron chi connectivity index (χ2n) is 2.23. The van der Waals surface area contributed by atoms with Gasteiger partial charge >= 0.3 is 0 Å². The Morgan fingerprint density at radius 2 is 2.18 bits per heavy atom. The molecule has 0 aliphatic rings. The quantitative estimate of drug-likeness (QED) is 0.723. The van der Waals surface area contributed by atoms with E-state index in [1.165, 1.54) is 0 Å². The van der Waals surface area contributed by atoms with E-state index in [0.29, 0.717) is 12.1 Å². The standard InChI is InChI=1S/C8H7BrN2/c9-7-3-6(1-2-10)4-8(11)5-7/h3-5H,1,11H2. The number of halogens is 1. The summed E-state index contributed by atoms with van der Waals surface area (Å²) in [6.07, 6.45) is 0.406. The zero-order valence-corrected chi connectivity index (χ0v) is 7.43. The molecule has 56 valence electrons. The third kappa shape index (κ3) is 2.24. The molecule has 1 aromatic rings. The van der Waals surface area contributed by atoms with Gasteiger partial charge in [-0.25, -0.2) is 0 Å². The summed E-state index contributed by atoms with van der Waals surface area (Å²) in [6.45, 7) is 0. The van der Waals surface area contributed by atoms with Crippen LogP contribution in [0.4, 0.5) is 5.69 Å². The molecule has 3 heteroatoms. The van der Waals surface area contributed by atoms with Gasteiger partial charge in [-0.05, 0) is 23.8 Å². The lowest BCUT2D eigenvalue weighted by Gasteiger charge is -1.98. The van der Waals surface area contributed by atoms with E-state index in [1.54, 1.807) is 12.1 Å². The minimum Gasteiger partial charge on any atom is -0.399 e. The fourth-order valence-electron chi connectivity index (χ4n) is 0.869. The summed E-state index contributed by atoms with van der Waals surface area (Å²) in [5.74, 6) is 0. The number of anilines is 1. The lowest BCUT2D eigenvalue weighted by atomic mass is 10.1. The number of hydrogen-bond acceptors (Lipinski definition) is 2. The van der Waals surface area contributed by atoms with Gasteiger partial charge in [-0.2, -0.15) is 5.26 Å². The van der Waals surface area contributed by atoms with Crippen molar-refractivity contribution in [3.05, 3.63) is 28.2 Å². The zero-order chi connectivity index (χ0) is 8.27. The van der Waals surface area contributed by atoms with Crippen LogP contribution in [0.3, 0.4) is 0 Å². The Bertz CT molecular complexity index is 281. The van der Waals surface area contributed by atoms with E-state index in [1.807, 2.05) is 6.07 Å². The van der Waals surface area contributed by atoms with E-state index in [4.69, 9.17) is 11.0 Å². The molecule has 0 fully saturated rings. The van der Waals surface area contributed by atoms with Crippen LogP contribution in [0.25, 0.3) is 0 Å². The topological polar surface area (TPSA) is 49.8 Å². The predicted molar refractivity (Wildman–Crippen MR) is 47.9 cm³/mol. The summed E-state index contributed by atoms with van der Waals surface area (Å²) in [7, 11) is 0. The number of nitrogens with zero attached hydrogens (tertiary/aromatic N) is 1. The molecule has 0 saturated heterocycles. The maximum absolute atomic E-state index is 8.40. The van der Waals surface area contributed by atoms with E-state index < -0.39 is 0 Å². The smallest absolute Gasteiger partial charge is 0.0669 e. The van der Waals surface area contributed by atoms with Gasteiger partial charge in [0.25, 0.3) is 0 Å². The van der Waals surface area contributed by atoms with Gasteiger partial charge in [0, 0.05) is 10.2 Å². The summed E-state index contributed by atoms with van der Waals surface area (Å²) in [6, 6.07) is 7.56. The van der Waals surface area contributed by atoms with Gasteiger partial charge in [-0.15, -0.1) is 0 Å². The monoisotopic (exact) mass is 210 g/mol. The molecule has 0 radical (unpaired) electrons. The van der Waals surface area contributed by atoms with E-state index >= 15 is 0 Å². The Morgan fingerprint density at radius 3 is 2.73 bits per heavy atom. The highest BCUT2D eigenvalue weighted by atomic mass is 79.9. The highest BCUT2D eigenvalue weighted by Crippen LogP contribution is 2.17. The van der Waals surface area contributed by atoms with Crippen LogP contribution in [0.2, 0.25) is 0 Å². The van der Waals surface area contributed by atoms with Crippen LogP contribution in [0, 0.1) is 11.3 Å². The van der Waals surface area contributed by atoms with Crippen LogP contribution in [-0.4, -0.2) is 0 Å². The van der Waals surface area contributed by atoms with Gasteiger partial charge in [0.15, 0.2) is 0 Å². The van der Waals surface area contributed by atoms with Crippen LogP contribution in [0.15, 0.2) is 22.7 Å². The molecule has 2 nitrogen and oxygen atoms in total. The van der Waals surface area contributed by atoms with Crippen molar-refractivity contribution in [3.63, 3.8) is 0 Å². The Kier molecular flexibility index (Phi) is 2.50. The molecule has 1 aromatic carbocycles. The van der Waals surface area contributed by atoms with Gasteiger partial charge in [0.1, 0.15) is 0 Å². The van der Waals surface area contributed by atoms with Crippen LogP contribution in [0.1, 0.15) is 5.56 Å². The average Bonchev–Trinajstić information content (AvgIpc) is 1.85. The number of nitrogen functional groups attached to an aromatic ring is 1. The highest BCUT2D eigenvalue weighted by molar-refractivity contribution is 9.10. The summed E-state index contributed by atoms with van der Waals surface area (Å²) in [5, 5.41) is 8.40. The molecule has 0 bridgehead atoms. The molecule has 0 aromatic heterocycles. The maximum Gasteiger partial charge on any atom is 0.0669 e. The molecule has 0 atom stereocenters. The van der Waals surface area contributed by atoms with Gasteiger partial charge in [-0.1, -0.05) is 15.9 Å². The van der Waals surface area contributed by atoms with Crippen LogP contribution in [0.5, 0.6) is 0 Å². The predicted octanol–water partition coefficient (Wildman–Crippen LogP) is 2.10. The first-order valence-corrected chi connectivity index (χ1v) is 3.93. The Labute approximate surface area is 73.8 Å². The Hall–Kier alpha value is -1.01. The first-order valence-electron chi connectivity index (χ1n) is 3.14. The van der Waals surface area contributed by atoms with Crippen molar-refractivity contribution in [3.8, 4) is 6.07 Å². The minimum atomic E-state index is 0.406. The van der Waals surface area contributed by atoms with Crippen molar-refractivity contribution in [2.45, 2.75) is 6.42 Å². The van der Waals surface area contributed by atoms with Crippen LogP contribution >= 0.6 is 15.9 Å². The van der Waals surface area contributed by atoms with Crippen molar-refractivity contribution in [2.75, 3.05) is 5.73 Å². The third-order valence-corrected chi connectivity index (χ3v) is 1.72. The highest BCUT2D eigenvalue weighted by Gasteiger charge is 1.95. The molecule has 0 saturated carbocycles. The normalized spacial score (nSPS) is 9.09. The van der Waals surface area contributed by atoms with Gasteiger partial charge in [0.2, 0.25) is 0 Å². The molecule has 0 unspecified atom stereocenters. The molecule has 0 aliphatic heterocycles. The first-order chi connectivity index (χ1) is 5.22. The number of hydrogen-bond donors (Lipinski definition) is 1. The van der Waals surface area contributed by atoms with Crippen molar-refractivity contribution >= 4 is 21.6 Å². The average molecular weight is 211 g/mol. The van der Waals surface area contributed by atoms with Crippen molar-refractivity contribution in [2.24, 2.45) is 0 Å². The van der Waals surface area contributed by atoms with Gasteiger partial charge in [0.05, 0.1) is 12.5 Å². The number of nitriles is 1. The first kappa shape index (κ1) is 8.09. The van der Waals surface area contributed by atoms with Gasteiger partial charge in [-0.3, -0.25) is 0 Å². The van der Waals surface area contributed by atoms with E-state index in [-0.39, 0.29) is 0 Å². The summed E-state index contributed by atoms with van der Waals surface area (Å²) in [4.78, 5) is 0. The summed E-state index contributed by atoms with van der Waals surface area (Å²) >= 11 is 3.29.